The Morgan fingerprint density at radius 1 is 1.37 bits per heavy atom. The van der Waals surface area contributed by atoms with Crippen molar-refractivity contribution in [3.05, 3.63) is 0 Å². The lowest BCUT2D eigenvalue weighted by Crippen LogP contribution is -2.45. The lowest BCUT2D eigenvalue weighted by atomic mass is 10.2. The molecule has 0 radical (unpaired) electrons. The Hall–Kier alpha value is -0.660. The Labute approximate surface area is 115 Å². The SMILES string of the molecule is CN(CCN1CCCC1)C(=O)C(N)CCS(C)(=O)=O. The molecule has 1 aliphatic heterocycles. The average molecular weight is 291 g/mol. The molecule has 1 rings (SSSR count). The molecule has 1 saturated heterocycles. The van der Waals surface area contributed by atoms with Gasteiger partial charge in [-0.05, 0) is 32.4 Å². The summed E-state index contributed by atoms with van der Waals surface area (Å²) < 4.78 is 22.1. The summed E-state index contributed by atoms with van der Waals surface area (Å²) in [7, 11) is -1.34. The van der Waals surface area contributed by atoms with Crippen molar-refractivity contribution >= 4 is 15.7 Å². The third-order valence-corrected chi connectivity index (χ3v) is 4.42. The Kier molecular flexibility index (Phi) is 6.22. The predicted octanol–water partition coefficient (Wildman–Crippen LogP) is -0.697. The van der Waals surface area contributed by atoms with Crippen molar-refractivity contribution in [1.82, 2.24) is 9.80 Å². The fraction of sp³-hybridized carbons (Fsp3) is 0.917. The van der Waals surface area contributed by atoms with E-state index >= 15 is 0 Å². The van der Waals surface area contributed by atoms with Gasteiger partial charge in [0.2, 0.25) is 5.91 Å². The minimum atomic E-state index is -3.06. The van der Waals surface area contributed by atoms with Crippen molar-refractivity contribution in [2.45, 2.75) is 25.3 Å². The van der Waals surface area contributed by atoms with Crippen LogP contribution >= 0.6 is 0 Å². The van der Waals surface area contributed by atoms with E-state index in [9.17, 15) is 13.2 Å². The molecule has 1 fully saturated rings. The maximum absolute atomic E-state index is 12.0. The molecular formula is C12H25N3O3S. The van der Waals surface area contributed by atoms with E-state index in [1.54, 1.807) is 11.9 Å². The zero-order valence-electron chi connectivity index (χ0n) is 11.8. The molecular weight excluding hydrogens is 266 g/mol. The molecule has 1 unspecified atom stereocenters. The van der Waals surface area contributed by atoms with Crippen molar-refractivity contribution < 1.29 is 13.2 Å². The second-order valence-corrected chi connectivity index (χ2v) is 7.59. The lowest BCUT2D eigenvalue weighted by molar-refractivity contribution is -0.131. The van der Waals surface area contributed by atoms with E-state index < -0.39 is 15.9 Å². The van der Waals surface area contributed by atoms with Crippen LogP contribution in [-0.4, -0.2) is 75.4 Å². The third kappa shape index (κ3) is 6.35. The van der Waals surface area contributed by atoms with Crippen LogP contribution < -0.4 is 5.73 Å². The monoisotopic (exact) mass is 291 g/mol. The summed E-state index contributed by atoms with van der Waals surface area (Å²) in [6.07, 6.45) is 3.80. The minimum absolute atomic E-state index is 0.0418. The first-order valence-corrected chi connectivity index (χ1v) is 8.76. The Bertz CT molecular complexity index is 391. The molecule has 0 saturated carbocycles. The van der Waals surface area contributed by atoms with E-state index in [2.05, 4.69) is 4.90 Å². The third-order valence-electron chi connectivity index (χ3n) is 3.44. The summed E-state index contributed by atoms with van der Waals surface area (Å²) in [6.45, 7) is 3.71. The zero-order valence-corrected chi connectivity index (χ0v) is 12.7. The van der Waals surface area contributed by atoms with E-state index in [4.69, 9.17) is 5.73 Å². The van der Waals surface area contributed by atoms with Gasteiger partial charge >= 0.3 is 0 Å². The van der Waals surface area contributed by atoms with Crippen LogP contribution in [0.5, 0.6) is 0 Å². The number of likely N-dealkylation sites (tertiary alicyclic amines) is 1. The number of amides is 1. The molecule has 112 valence electrons. The number of hydrogen-bond acceptors (Lipinski definition) is 5. The van der Waals surface area contributed by atoms with E-state index in [1.807, 2.05) is 0 Å². The fourth-order valence-electron chi connectivity index (χ4n) is 2.16. The molecule has 19 heavy (non-hydrogen) atoms. The molecule has 0 aromatic heterocycles. The molecule has 0 spiro atoms. The number of nitrogens with zero attached hydrogens (tertiary/aromatic N) is 2. The van der Waals surface area contributed by atoms with Gasteiger partial charge in [-0.3, -0.25) is 4.79 Å². The standard InChI is InChI=1S/C12H25N3O3S/c1-14(8-9-15-6-3-4-7-15)12(16)11(13)5-10-19(2,17)18/h11H,3-10,13H2,1-2H3. The van der Waals surface area contributed by atoms with Crippen LogP contribution in [0.3, 0.4) is 0 Å². The van der Waals surface area contributed by atoms with Crippen molar-refractivity contribution in [2.75, 3.05) is 45.2 Å². The van der Waals surface area contributed by atoms with Crippen LogP contribution in [0.1, 0.15) is 19.3 Å². The average Bonchev–Trinajstić information content (AvgIpc) is 2.84. The first-order chi connectivity index (χ1) is 8.79. The van der Waals surface area contributed by atoms with Crippen molar-refractivity contribution in [3.63, 3.8) is 0 Å². The Morgan fingerprint density at radius 2 is 1.95 bits per heavy atom. The highest BCUT2D eigenvalue weighted by molar-refractivity contribution is 7.90. The molecule has 2 N–H and O–H groups in total. The Morgan fingerprint density at radius 3 is 2.47 bits per heavy atom. The largest absolute Gasteiger partial charge is 0.343 e. The highest BCUT2D eigenvalue weighted by Crippen LogP contribution is 2.07. The minimum Gasteiger partial charge on any atom is -0.343 e. The van der Waals surface area contributed by atoms with Gasteiger partial charge in [-0.1, -0.05) is 0 Å². The molecule has 0 aromatic carbocycles. The fourth-order valence-corrected chi connectivity index (χ4v) is 2.84. The first kappa shape index (κ1) is 16.4. The summed E-state index contributed by atoms with van der Waals surface area (Å²) in [5, 5.41) is 0. The maximum Gasteiger partial charge on any atom is 0.239 e. The smallest absolute Gasteiger partial charge is 0.239 e. The number of hydrogen-bond donors (Lipinski definition) is 1. The van der Waals surface area contributed by atoms with Gasteiger partial charge in [0.1, 0.15) is 9.84 Å². The van der Waals surface area contributed by atoms with Crippen LogP contribution in [0.2, 0.25) is 0 Å². The quantitative estimate of drug-likeness (QED) is 0.671. The van der Waals surface area contributed by atoms with Crippen molar-refractivity contribution in [1.29, 1.82) is 0 Å². The summed E-state index contributed by atoms with van der Waals surface area (Å²) >= 11 is 0. The summed E-state index contributed by atoms with van der Waals surface area (Å²) in [4.78, 5) is 15.9. The normalized spacial score (nSPS) is 18.5. The van der Waals surface area contributed by atoms with Crippen LogP contribution in [0.25, 0.3) is 0 Å². The molecule has 0 bridgehead atoms. The van der Waals surface area contributed by atoms with Crippen molar-refractivity contribution in [2.24, 2.45) is 5.73 Å². The molecule has 1 atom stereocenters. The molecule has 1 amide bonds. The van der Waals surface area contributed by atoms with Gasteiger partial charge in [0.25, 0.3) is 0 Å². The van der Waals surface area contributed by atoms with Gasteiger partial charge in [0.05, 0.1) is 11.8 Å². The van der Waals surface area contributed by atoms with Crippen LogP contribution in [0, 0.1) is 0 Å². The number of sulfone groups is 1. The first-order valence-electron chi connectivity index (χ1n) is 6.70. The molecule has 0 aromatic rings. The van der Waals surface area contributed by atoms with Gasteiger partial charge in [-0.15, -0.1) is 0 Å². The van der Waals surface area contributed by atoms with E-state index in [0.29, 0.717) is 6.54 Å². The van der Waals surface area contributed by atoms with Gasteiger partial charge in [-0.25, -0.2) is 8.42 Å². The van der Waals surface area contributed by atoms with Gasteiger partial charge in [0, 0.05) is 26.4 Å². The summed E-state index contributed by atoms with van der Waals surface area (Å²) in [6, 6.07) is -0.724. The molecule has 0 aliphatic carbocycles. The second-order valence-electron chi connectivity index (χ2n) is 5.33. The Balaban J connectivity index is 2.29. The van der Waals surface area contributed by atoms with Gasteiger partial charge in [0.15, 0.2) is 0 Å². The summed E-state index contributed by atoms with van der Waals surface area (Å²) in [5.41, 5.74) is 5.74. The number of nitrogens with two attached hydrogens (primary N) is 1. The number of carbonyl (C=O) groups is 1. The van der Waals surface area contributed by atoms with Crippen LogP contribution in [0.4, 0.5) is 0 Å². The highest BCUT2D eigenvalue weighted by atomic mass is 32.2. The van der Waals surface area contributed by atoms with Crippen molar-refractivity contribution in [3.8, 4) is 0 Å². The lowest BCUT2D eigenvalue weighted by Gasteiger charge is -2.24. The van der Waals surface area contributed by atoms with E-state index in [0.717, 1.165) is 25.9 Å². The van der Waals surface area contributed by atoms with Crippen LogP contribution in [0.15, 0.2) is 0 Å². The van der Waals surface area contributed by atoms with Gasteiger partial charge in [-0.2, -0.15) is 0 Å². The predicted molar refractivity (Wildman–Crippen MR) is 75.6 cm³/mol. The molecule has 6 nitrogen and oxygen atoms in total. The number of rotatable bonds is 7. The number of likely N-dealkylation sites (N-methyl/N-ethyl adjacent to an activating group) is 1. The van der Waals surface area contributed by atoms with E-state index in [1.165, 1.54) is 12.8 Å². The second kappa shape index (κ2) is 7.21. The van der Waals surface area contributed by atoms with Crippen LogP contribution in [-0.2, 0) is 14.6 Å². The molecule has 1 heterocycles. The zero-order chi connectivity index (χ0) is 14.5. The number of carbonyl (C=O) groups excluding carboxylic acids is 1. The van der Waals surface area contributed by atoms with Gasteiger partial charge < -0.3 is 15.5 Å². The topological polar surface area (TPSA) is 83.7 Å². The summed E-state index contributed by atoms with van der Waals surface area (Å²) in [5.74, 6) is -0.220. The van der Waals surface area contributed by atoms with E-state index in [-0.39, 0.29) is 18.1 Å². The molecule has 1 aliphatic rings. The maximum atomic E-state index is 12.0. The highest BCUT2D eigenvalue weighted by Gasteiger charge is 2.20. The molecule has 7 heteroatoms.